The molecule has 0 aromatic heterocycles. The van der Waals surface area contributed by atoms with Crippen molar-refractivity contribution in [1.82, 2.24) is 5.32 Å². The molecule has 0 spiro atoms. The van der Waals surface area contributed by atoms with Crippen LogP contribution in [0, 0.1) is 0 Å². The largest absolute Gasteiger partial charge is 0.480 e. The maximum atomic E-state index is 12.1. The number of carbonyl (C=O) groups is 2. The third-order valence-corrected chi connectivity index (χ3v) is 7.60. The third-order valence-electron chi connectivity index (χ3n) is 7.60. The molecule has 0 radical (unpaired) electrons. The molecule has 0 rings (SSSR count). The van der Waals surface area contributed by atoms with Crippen molar-refractivity contribution in [2.75, 3.05) is 13.2 Å². The number of hydrogen-bond donors (Lipinski definition) is 2. The topological polar surface area (TPSA) is 75.6 Å². The molecular formula is C33H65NO4. The predicted molar refractivity (Wildman–Crippen MR) is 162 cm³/mol. The van der Waals surface area contributed by atoms with Gasteiger partial charge in [-0.25, -0.2) is 0 Å². The Balaban J connectivity index is 3.54. The monoisotopic (exact) mass is 539 g/mol. The Morgan fingerprint density at radius 2 is 0.895 bits per heavy atom. The molecule has 0 saturated carbocycles. The first-order valence-electron chi connectivity index (χ1n) is 16.7. The van der Waals surface area contributed by atoms with E-state index in [-0.39, 0.29) is 6.42 Å². The summed E-state index contributed by atoms with van der Waals surface area (Å²) in [4.78, 5) is 23.6. The number of hydrogen-bond acceptors (Lipinski definition) is 4. The number of carbonyl (C=O) groups excluding carboxylic acids is 1. The van der Waals surface area contributed by atoms with Crippen molar-refractivity contribution >= 4 is 11.9 Å². The minimum atomic E-state index is -0.970. The summed E-state index contributed by atoms with van der Waals surface area (Å²) in [7, 11) is 0. The van der Waals surface area contributed by atoms with Crippen LogP contribution in [0.1, 0.15) is 181 Å². The number of esters is 1. The van der Waals surface area contributed by atoms with Crippen LogP contribution in [0.4, 0.5) is 0 Å². The molecule has 2 N–H and O–H groups in total. The van der Waals surface area contributed by atoms with Crippen molar-refractivity contribution < 1.29 is 19.4 Å². The Morgan fingerprint density at radius 1 is 0.553 bits per heavy atom. The standard InChI is InChI=1S/C33H65NO4/c1-3-5-7-9-11-13-15-17-18-20-22-24-26-28-34-31(33(36)37)30-32(35)38-29-27-25-23-21-19-16-14-12-10-8-6-4-2/h31,34H,3-30H2,1-2H3,(H,36,37). The average Bonchev–Trinajstić information content (AvgIpc) is 2.90. The van der Waals surface area contributed by atoms with Gasteiger partial charge in [0.15, 0.2) is 0 Å². The van der Waals surface area contributed by atoms with Crippen LogP contribution in [0.5, 0.6) is 0 Å². The van der Waals surface area contributed by atoms with Gasteiger partial charge in [-0.2, -0.15) is 0 Å². The molecule has 0 fully saturated rings. The van der Waals surface area contributed by atoms with Gasteiger partial charge in [0.25, 0.3) is 0 Å². The number of carboxylic acids is 1. The molecule has 0 saturated heterocycles. The van der Waals surface area contributed by atoms with Crippen LogP contribution >= 0.6 is 0 Å². The van der Waals surface area contributed by atoms with E-state index in [9.17, 15) is 14.7 Å². The van der Waals surface area contributed by atoms with Crippen molar-refractivity contribution in [2.45, 2.75) is 187 Å². The number of nitrogens with one attached hydrogen (secondary N) is 1. The molecule has 0 aliphatic heterocycles. The van der Waals surface area contributed by atoms with Crippen LogP contribution < -0.4 is 5.32 Å². The van der Waals surface area contributed by atoms with E-state index in [1.165, 1.54) is 135 Å². The summed E-state index contributed by atoms with van der Waals surface area (Å²) in [5.74, 6) is -1.37. The smallest absolute Gasteiger partial charge is 0.321 e. The zero-order valence-corrected chi connectivity index (χ0v) is 25.5. The lowest BCUT2D eigenvalue weighted by Crippen LogP contribution is -2.39. The van der Waals surface area contributed by atoms with E-state index < -0.39 is 18.0 Å². The van der Waals surface area contributed by atoms with Crippen molar-refractivity contribution in [2.24, 2.45) is 0 Å². The molecule has 1 atom stereocenters. The molecule has 5 heteroatoms. The quantitative estimate of drug-likeness (QED) is 0.0677. The molecule has 0 amide bonds. The highest BCUT2D eigenvalue weighted by Crippen LogP contribution is 2.13. The highest BCUT2D eigenvalue weighted by Gasteiger charge is 2.21. The predicted octanol–water partition coefficient (Wildman–Crippen LogP) is 9.75. The highest BCUT2D eigenvalue weighted by atomic mass is 16.5. The summed E-state index contributed by atoms with van der Waals surface area (Å²) >= 11 is 0. The number of carboxylic acid groups (broad SMARTS) is 1. The number of rotatable bonds is 31. The van der Waals surface area contributed by atoms with E-state index in [1.54, 1.807) is 0 Å². The normalized spacial score (nSPS) is 12.1. The second kappa shape index (κ2) is 30.4. The first-order chi connectivity index (χ1) is 18.6. The lowest BCUT2D eigenvalue weighted by Gasteiger charge is -2.14. The molecule has 5 nitrogen and oxygen atoms in total. The van der Waals surface area contributed by atoms with Gasteiger partial charge in [-0.1, -0.05) is 162 Å². The Bertz CT molecular complexity index is 511. The van der Waals surface area contributed by atoms with Crippen LogP contribution in [-0.2, 0) is 14.3 Å². The molecule has 226 valence electrons. The minimum Gasteiger partial charge on any atom is -0.480 e. The van der Waals surface area contributed by atoms with Crippen LogP contribution in [-0.4, -0.2) is 36.2 Å². The summed E-state index contributed by atoms with van der Waals surface area (Å²) in [6.07, 6.45) is 31.9. The number of ether oxygens (including phenoxy) is 1. The third kappa shape index (κ3) is 27.9. The van der Waals surface area contributed by atoms with Crippen molar-refractivity contribution in [3.8, 4) is 0 Å². The molecule has 0 bridgehead atoms. The van der Waals surface area contributed by atoms with Gasteiger partial charge >= 0.3 is 11.9 Å². The lowest BCUT2D eigenvalue weighted by molar-refractivity contribution is -0.149. The van der Waals surface area contributed by atoms with E-state index in [0.29, 0.717) is 13.2 Å². The summed E-state index contributed by atoms with van der Waals surface area (Å²) in [5.41, 5.74) is 0. The van der Waals surface area contributed by atoms with Gasteiger partial charge in [0.1, 0.15) is 6.04 Å². The fourth-order valence-corrected chi connectivity index (χ4v) is 5.02. The number of unbranched alkanes of at least 4 members (excludes halogenated alkanes) is 23. The Hall–Kier alpha value is -1.10. The van der Waals surface area contributed by atoms with Gasteiger partial charge < -0.3 is 15.2 Å². The highest BCUT2D eigenvalue weighted by molar-refractivity contribution is 5.81. The van der Waals surface area contributed by atoms with Crippen LogP contribution in [0.3, 0.4) is 0 Å². The van der Waals surface area contributed by atoms with Crippen LogP contribution in [0.15, 0.2) is 0 Å². The maximum absolute atomic E-state index is 12.1. The van der Waals surface area contributed by atoms with Gasteiger partial charge in [0, 0.05) is 0 Å². The Labute approximate surface area is 236 Å². The lowest BCUT2D eigenvalue weighted by atomic mass is 10.0. The average molecular weight is 540 g/mol. The molecule has 38 heavy (non-hydrogen) atoms. The fraction of sp³-hybridized carbons (Fsp3) is 0.939. The Morgan fingerprint density at radius 3 is 1.26 bits per heavy atom. The maximum Gasteiger partial charge on any atom is 0.321 e. The summed E-state index contributed by atoms with van der Waals surface area (Å²) in [6.45, 7) is 5.56. The van der Waals surface area contributed by atoms with Crippen molar-refractivity contribution in [1.29, 1.82) is 0 Å². The molecule has 0 aliphatic rings. The van der Waals surface area contributed by atoms with E-state index in [1.807, 2.05) is 0 Å². The van der Waals surface area contributed by atoms with Gasteiger partial charge in [0.05, 0.1) is 13.0 Å². The molecule has 0 aliphatic carbocycles. The second-order valence-electron chi connectivity index (χ2n) is 11.4. The van der Waals surface area contributed by atoms with Gasteiger partial charge in [-0.3, -0.25) is 9.59 Å². The summed E-state index contributed by atoms with van der Waals surface area (Å²) in [5, 5.41) is 12.5. The molecule has 0 heterocycles. The van der Waals surface area contributed by atoms with Gasteiger partial charge in [-0.15, -0.1) is 0 Å². The van der Waals surface area contributed by atoms with E-state index in [0.717, 1.165) is 25.7 Å². The fourth-order valence-electron chi connectivity index (χ4n) is 5.02. The first kappa shape index (κ1) is 36.9. The molecular weight excluding hydrogens is 474 g/mol. The molecule has 0 aromatic rings. The molecule has 1 unspecified atom stereocenters. The van der Waals surface area contributed by atoms with Gasteiger partial charge in [-0.05, 0) is 19.4 Å². The van der Waals surface area contributed by atoms with E-state index in [4.69, 9.17) is 4.74 Å². The summed E-state index contributed by atoms with van der Waals surface area (Å²) < 4.78 is 5.30. The van der Waals surface area contributed by atoms with Crippen LogP contribution in [0.2, 0.25) is 0 Å². The molecule has 0 aromatic carbocycles. The minimum absolute atomic E-state index is 0.0912. The zero-order valence-electron chi connectivity index (χ0n) is 25.5. The van der Waals surface area contributed by atoms with E-state index in [2.05, 4.69) is 19.2 Å². The first-order valence-corrected chi connectivity index (χ1v) is 16.7. The van der Waals surface area contributed by atoms with Crippen molar-refractivity contribution in [3.63, 3.8) is 0 Å². The SMILES string of the molecule is CCCCCCCCCCCCCCCNC(CC(=O)OCCCCCCCCCCCCCC)C(=O)O. The summed E-state index contributed by atoms with van der Waals surface area (Å²) in [6, 6.07) is -0.846. The zero-order chi connectivity index (χ0) is 27.9. The number of aliphatic carboxylic acids is 1. The van der Waals surface area contributed by atoms with Crippen molar-refractivity contribution in [3.05, 3.63) is 0 Å². The second-order valence-corrected chi connectivity index (χ2v) is 11.4. The Kier molecular flexibility index (Phi) is 29.6. The van der Waals surface area contributed by atoms with E-state index >= 15 is 0 Å². The van der Waals surface area contributed by atoms with Gasteiger partial charge in [0.2, 0.25) is 0 Å². The van der Waals surface area contributed by atoms with Crippen LogP contribution in [0.25, 0.3) is 0 Å².